The maximum atomic E-state index is 13.1. The van der Waals surface area contributed by atoms with E-state index in [0.29, 0.717) is 36.0 Å². The van der Waals surface area contributed by atoms with Crippen molar-refractivity contribution in [2.45, 2.75) is 12.5 Å². The second-order valence-corrected chi connectivity index (χ2v) is 9.60. The number of aromatic nitrogens is 2. The highest BCUT2D eigenvalue weighted by molar-refractivity contribution is 7.91. The zero-order chi connectivity index (χ0) is 19.2. The highest BCUT2D eigenvalue weighted by Gasteiger charge is 2.37. The van der Waals surface area contributed by atoms with Crippen LogP contribution in [0, 0.1) is 0 Å². The van der Waals surface area contributed by atoms with Crippen LogP contribution in [0.4, 0.5) is 0 Å². The van der Waals surface area contributed by atoms with E-state index in [1.165, 1.54) is 9.58 Å². The Morgan fingerprint density at radius 3 is 2.48 bits per heavy atom. The van der Waals surface area contributed by atoms with Gasteiger partial charge in [0.15, 0.2) is 15.5 Å². The molecule has 0 aliphatic carbocycles. The van der Waals surface area contributed by atoms with Crippen molar-refractivity contribution in [1.29, 1.82) is 0 Å². The first-order valence-electron chi connectivity index (χ1n) is 9.16. The molecule has 0 spiro atoms. The van der Waals surface area contributed by atoms with Gasteiger partial charge in [0.1, 0.15) is 11.8 Å². The van der Waals surface area contributed by atoms with E-state index in [1.807, 2.05) is 0 Å². The number of piperazine rings is 1. The lowest BCUT2D eigenvalue weighted by Gasteiger charge is -2.34. The number of fused-ring (bicyclic) bond motifs is 1. The van der Waals surface area contributed by atoms with Gasteiger partial charge in [-0.05, 0) is 6.07 Å². The van der Waals surface area contributed by atoms with Crippen molar-refractivity contribution >= 4 is 26.5 Å². The molecule has 0 saturated carbocycles. The van der Waals surface area contributed by atoms with Crippen molar-refractivity contribution in [2.75, 3.05) is 37.7 Å². The third kappa shape index (κ3) is 3.37. The number of quaternary nitrogens is 1. The SMILES string of the molecule is Cn1nc(C(=O)N2CC[NH+]([C@H]3CCS(=O)(=O)C3)CC2)c2ccccc2c1=O. The fourth-order valence-electron chi connectivity index (χ4n) is 4.13. The molecule has 144 valence electrons. The molecule has 0 radical (unpaired) electrons. The van der Waals surface area contributed by atoms with Gasteiger partial charge in [0.25, 0.3) is 11.5 Å². The zero-order valence-electron chi connectivity index (χ0n) is 15.2. The Morgan fingerprint density at radius 1 is 1.19 bits per heavy atom. The zero-order valence-corrected chi connectivity index (χ0v) is 16.0. The van der Waals surface area contributed by atoms with E-state index < -0.39 is 9.84 Å². The highest BCUT2D eigenvalue weighted by atomic mass is 32.2. The molecule has 1 atom stereocenters. The molecule has 1 amide bonds. The number of nitrogens with zero attached hydrogens (tertiary/aromatic N) is 3. The van der Waals surface area contributed by atoms with Gasteiger partial charge in [-0.2, -0.15) is 5.10 Å². The Balaban J connectivity index is 1.53. The van der Waals surface area contributed by atoms with Crippen LogP contribution in [0.25, 0.3) is 10.8 Å². The number of hydrogen-bond donors (Lipinski definition) is 1. The van der Waals surface area contributed by atoms with E-state index in [4.69, 9.17) is 0 Å². The van der Waals surface area contributed by atoms with Crippen LogP contribution in [0.2, 0.25) is 0 Å². The van der Waals surface area contributed by atoms with Crippen molar-refractivity contribution in [3.05, 3.63) is 40.3 Å². The maximum Gasteiger partial charge on any atom is 0.275 e. The van der Waals surface area contributed by atoms with Crippen LogP contribution < -0.4 is 10.5 Å². The first-order chi connectivity index (χ1) is 12.9. The number of sulfone groups is 1. The van der Waals surface area contributed by atoms with Gasteiger partial charge in [-0.25, -0.2) is 13.1 Å². The molecule has 3 heterocycles. The van der Waals surface area contributed by atoms with E-state index in [2.05, 4.69) is 5.10 Å². The van der Waals surface area contributed by atoms with Crippen molar-refractivity contribution in [3.63, 3.8) is 0 Å². The number of rotatable bonds is 2. The monoisotopic (exact) mass is 391 g/mol. The minimum Gasteiger partial charge on any atom is -0.329 e. The number of carbonyl (C=O) groups is 1. The molecule has 8 nitrogen and oxygen atoms in total. The first-order valence-corrected chi connectivity index (χ1v) is 11.0. The molecule has 1 N–H and O–H groups in total. The summed E-state index contributed by atoms with van der Waals surface area (Å²) in [5.41, 5.74) is 0.0680. The van der Waals surface area contributed by atoms with Crippen LogP contribution in [0.15, 0.2) is 29.1 Å². The third-order valence-electron chi connectivity index (χ3n) is 5.66. The topological polar surface area (TPSA) is 93.8 Å². The fourth-order valence-corrected chi connectivity index (χ4v) is 5.96. The van der Waals surface area contributed by atoms with Gasteiger partial charge in [-0.15, -0.1) is 0 Å². The number of nitrogens with one attached hydrogen (secondary N) is 1. The fraction of sp³-hybridized carbons (Fsp3) is 0.500. The summed E-state index contributed by atoms with van der Waals surface area (Å²) in [7, 11) is -1.34. The molecule has 0 unspecified atom stereocenters. The molecule has 4 rings (SSSR count). The summed E-state index contributed by atoms with van der Waals surface area (Å²) in [6, 6.07) is 7.17. The van der Waals surface area contributed by atoms with Crippen LogP contribution in [0.5, 0.6) is 0 Å². The lowest BCUT2D eigenvalue weighted by Crippen LogP contribution is -3.18. The predicted molar refractivity (Wildman–Crippen MR) is 101 cm³/mol. The van der Waals surface area contributed by atoms with Crippen LogP contribution in [-0.4, -0.2) is 72.7 Å². The average Bonchev–Trinajstić information content (AvgIpc) is 3.04. The van der Waals surface area contributed by atoms with Crippen LogP contribution in [-0.2, 0) is 16.9 Å². The molecule has 1 aromatic heterocycles. The molecular weight excluding hydrogens is 368 g/mol. The summed E-state index contributed by atoms with van der Waals surface area (Å²) >= 11 is 0. The molecular formula is C18H23N4O4S+. The normalized spacial score (nSPS) is 23.0. The molecule has 2 fully saturated rings. The first kappa shape index (κ1) is 18.1. The maximum absolute atomic E-state index is 13.1. The van der Waals surface area contributed by atoms with Gasteiger partial charge in [0, 0.05) is 18.9 Å². The molecule has 2 aromatic rings. The van der Waals surface area contributed by atoms with Gasteiger partial charge < -0.3 is 9.80 Å². The van der Waals surface area contributed by atoms with Crippen molar-refractivity contribution in [2.24, 2.45) is 7.05 Å². The molecule has 9 heteroatoms. The largest absolute Gasteiger partial charge is 0.329 e. The number of carbonyl (C=O) groups excluding carboxylic acids is 1. The van der Waals surface area contributed by atoms with E-state index in [9.17, 15) is 18.0 Å². The minimum absolute atomic E-state index is 0.142. The second-order valence-electron chi connectivity index (χ2n) is 7.37. The van der Waals surface area contributed by atoms with Crippen LogP contribution in [0.3, 0.4) is 0 Å². The van der Waals surface area contributed by atoms with E-state index in [0.717, 1.165) is 13.1 Å². The lowest BCUT2D eigenvalue weighted by atomic mass is 10.1. The highest BCUT2D eigenvalue weighted by Crippen LogP contribution is 2.15. The summed E-state index contributed by atoms with van der Waals surface area (Å²) in [6.45, 7) is 2.58. The summed E-state index contributed by atoms with van der Waals surface area (Å²) in [6.07, 6.45) is 0.707. The second kappa shape index (κ2) is 6.72. The Bertz CT molecular complexity index is 1050. The average molecular weight is 391 g/mol. The molecule has 1 aromatic carbocycles. The Hall–Kier alpha value is -2.26. The Labute approximate surface area is 157 Å². The molecule has 0 bridgehead atoms. The van der Waals surface area contributed by atoms with Crippen molar-refractivity contribution in [3.8, 4) is 0 Å². The quantitative estimate of drug-likeness (QED) is 0.670. The summed E-state index contributed by atoms with van der Waals surface area (Å²) < 4.78 is 24.6. The predicted octanol–water partition coefficient (Wildman–Crippen LogP) is -1.54. The molecule has 2 aliphatic heterocycles. The minimum atomic E-state index is -2.89. The number of aryl methyl sites for hydroxylation is 1. The van der Waals surface area contributed by atoms with E-state index >= 15 is 0 Å². The summed E-state index contributed by atoms with van der Waals surface area (Å²) in [5.74, 6) is 0.348. The van der Waals surface area contributed by atoms with Crippen LogP contribution in [0.1, 0.15) is 16.9 Å². The third-order valence-corrected chi connectivity index (χ3v) is 7.43. The van der Waals surface area contributed by atoms with E-state index in [1.54, 1.807) is 36.2 Å². The molecule has 2 saturated heterocycles. The summed E-state index contributed by atoms with van der Waals surface area (Å²) in [5, 5.41) is 5.27. The molecule has 27 heavy (non-hydrogen) atoms. The van der Waals surface area contributed by atoms with Gasteiger partial charge in [-0.1, -0.05) is 18.2 Å². The van der Waals surface area contributed by atoms with Gasteiger partial charge in [0.2, 0.25) is 0 Å². The smallest absolute Gasteiger partial charge is 0.275 e. The van der Waals surface area contributed by atoms with E-state index in [-0.39, 0.29) is 29.0 Å². The lowest BCUT2D eigenvalue weighted by molar-refractivity contribution is -0.925. The number of amides is 1. The van der Waals surface area contributed by atoms with Crippen molar-refractivity contribution < 1.29 is 18.1 Å². The van der Waals surface area contributed by atoms with Crippen LogP contribution >= 0.6 is 0 Å². The van der Waals surface area contributed by atoms with Crippen molar-refractivity contribution in [1.82, 2.24) is 14.7 Å². The number of benzene rings is 1. The summed E-state index contributed by atoms with van der Waals surface area (Å²) in [4.78, 5) is 28.3. The standard InChI is InChI=1S/C18H22N4O4S/c1-20-17(23)15-5-3-2-4-14(15)16(19-20)18(24)22-9-7-21(8-10-22)13-6-11-27(25,26)12-13/h2-5,13H,6-12H2,1H3/p+1/t13-/m0/s1. The Morgan fingerprint density at radius 2 is 1.85 bits per heavy atom. The van der Waals surface area contributed by atoms with Gasteiger partial charge >= 0.3 is 0 Å². The molecule has 2 aliphatic rings. The van der Waals surface area contributed by atoms with Gasteiger partial charge in [0.05, 0.1) is 37.3 Å². The van der Waals surface area contributed by atoms with Gasteiger partial charge in [-0.3, -0.25) is 9.59 Å². The Kier molecular flexibility index (Phi) is 4.51. The number of hydrogen-bond acceptors (Lipinski definition) is 5.